The smallest absolute Gasteiger partial charge is 0.0603 e. The van der Waals surface area contributed by atoms with E-state index in [0.29, 0.717) is 12.2 Å². The van der Waals surface area contributed by atoms with Crippen LogP contribution < -0.4 is 0 Å². The zero-order valence-electron chi connectivity index (χ0n) is 12.1. The van der Waals surface area contributed by atoms with E-state index < -0.39 is 0 Å². The zero-order chi connectivity index (χ0) is 12.7. The van der Waals surface area contributed by atoms with Crippen LogP contribution in [-0.2, 0) is 4.74 Å². The first-order chi connectivity index (χ1) is 8.24. The van der Waals surface area contributed by atoms with E-state index in [2.05, 4.69) is 23.9 Å². The molecule has 0 radical (unpaired) electrons. The quantitative estimate of drug-likeness (QED) is 0.738. The van der Waals surface area contributed by atoms with E-state index in [1.165, 1.54) is 51.9 Å². The molecule has 3 heteroatoms. The Morgan fingerprint density at radius 1 is 0.706 bits per heavy atom. The number of likely N-dealkylation sites (tertiary alicyclic amines) is 2. The van der Waals surface area contributed by atoms with Crippen LogP contribution >= 0.6 is 0 Å². The lowest BCUT2D eigenvalue weighted by Gasteiger charge is -2.35. The van der Waals surface area contributed by atoms with Crippen LogP contribution in [0.2, 0.25) is 0 Å². The Labute approximate surface area is 107 Å². The number of piperidine rings is 2. The third-order valence-electron chi connectivity index (χ3n) is 3.72. The first-order valence-electron chi connectivity index (χ1n) is 7.26. The van der Waals surface area contributed by atoms with E-state index in [-0.39, 0.29) is 0 Å². The topological polar surface area (TPSA) is 15.7 Å². The van der Waals surface area contributed by atoms with Gasteiger partial charge in [0.25, 0.3) is 0 Å². The molecule has 0 aromatic carbocycles. The molecule has 0 bridgehead atoms. The highest BCUT2D eigenvalue weighted by atomic mass is 16.5. The second-order valence-corrected chi connectivity index (χ2v) is 5.14. The molecule has 2 fully saturated rings. The molecule has 102 valence electrons. The molecular weight excluding hydrogens is 212 g/mol. The third kappa shape index (κ3) is 5.36. The summed E-state index contributed by atoms with van der Waals surface area (Å²) in [7, 11) is 4.40. The summed E-state index contributed by atoms with van der Waals surface area (Å²) in [5.74, 6) is 0. The first kappa shape index (κ1) is 14.9. The van der Waals surface area contributed by atoms with Crippen LogP contribution in [0.3, 0.4) is 0 Å². The monoisotopic (exact) mass is 242 g/mol. The van der Waals surface area contributed by atoms with Gasteiger partial charge >= 0.3 is 0 Å². The number of hydrogen-bond acceptors (Lipinski definition) is 3. The largest absolute Gasteiger partial charge is 0.375 e. The second kappa shape index (κ2) is 8.06. The molecule has 17 heavy (non-hydrogen) atoms. The Balaban J connectivity index is 0.000000686. The van der Waals surface area contributed by atoms with Crippen LogP contribution in [-0.4, -0.2) is 62.3 Å². The SMILES string of the molecule is CC.CN1CCC(OC2CCN(C)CC2)CC1. The van der Waals surface area contributed by atoms with Crippen molar-refractivity contribution in [3.63, 3.8) is 0 Å². The van der Waals surface area contributed by atoms with E-state index >= 15 is 0 Å². The number of ether oxygens (including phenoxy) is 1. The van der Waals surface area contributed by atoms with Crippen molar-refractivity contribution in [3.05, 3.63) is 0 Å². The van der Waals surface area contributed by atoms with Crippen molar-refractivity contribution in [2.24, 2.45) is 0 Å². The van der Waals surface area contributed by atoms with Gasteiger partial charge in [-0.15, -0.1) is 0 Å². The molecule has 0 aliphatic carbocycles. The highest BCUT2D eigenvalue weighted by Crippen LogP contribution is 2.19. The van der Waals surface area contributed by atoms with Crippen molar-refractivity contribution < 1.29 is 4.74 Å². The molecule has 2 heterocycles. The molecule has 0 saturated carbocycles. The Bertz CT molecular complexity index is 163. The lowest BCUT2D eigenvalue weighted by molar-refractivity contribution is -0.0606. The van der Waals surface area contributed by atoms with Crippen molar-refractivity contribution in [2.75, 3.05) is 40.3 Å². The Morgan fingerprint density at radius 2 is 1.00 bits per heavy atom. The van der Waals surface area contributed by atoms with Crippen molar-refractivity contribution in [3.8, 4) is 0 Å². The van der Waals surface area contributed by atoms with E-state index in [4.69, 9.17) is 4.74 Å². The fourth-order valence-electron chi connectivity index (χ4n) is 2.51. The Kier molecular flexibility index (Phi) is 7.09. The molecule has 0 N–H and O–H groups in total. The van der Waals surface area contributed by atoms with Gasteiger partial charge in [0.05, 0.1) is 12.2 Å². The summed E-state index contributed by atoms with van der Waals surface area (Å²) in [6.07, 6.45) is 5.97. The third-order valence-corrected chi connectivity index (χ3v) is 3.72. The van der Waals surface area contributed by atoms with Crippen molar-refractivity contribution in [1.29, 1.82) is 0 Å². The minimum absolute atomic E-state index is 0.537. The molecule has 0 spiro atoms. The molecule has 0 atom stereocenters. The number of nitrogens with zero attached hydrogens (tertiary/aromatic N) is 2. The fraction of sp³-hybridized carbons (Fsp3) is 1.00. The maximum atomic E-state index is 6.18. The maximum Gasteiger partial charge on any atom is 0.0603 e. The fourth-order valence-corrected chi connectivity index (χ4v) is 2.51. The van der Waals surface area contributed by atoms with Crippen LogP contribution in [0, 0.1) is 0 Å². The zero-order valence-corrected chi connectivity index (χ0v) is 12.1. The standard InChI is InChI=1S/C12H24N2O.C2H6/c1-13-7-3-11(4-8-13)15-12-5-9-14(2)10-6-12;1-2/h11-12H,3-10H2,1-2H3;1-2H3. The summed E-state index contributed by atoms with van der Waals surface area (Å²) in [6.45, 7) is 8.82. The van der Waals surface area contributed by atoms with Gasteiger partial charge < -0.3 is 14.5 Å². The highest BCUT2D eigenvalue weighted by molar-refractivity contribution is 4.75. The van der Waals surface area contributed by atoms with E-state index in [1.54, 1.807) is 0 Å². The number of rotatable bonds is 2. The highest BCUT2D eigenvalue weighted by Gasteiger charge is 2.23. The second-order valence-electron chi connectivity index (χ2n) is 5.14. The van der Waals surface area contributed by atoms with Gasteiger partial charge in [-0.05, 0) is 39.8 Å². The lowest BCUT2D eigenvalue weighted by Crippen LogP contribution is -2.40. The van der Waals surface area contributed by atoms with Crippen molar-refractivity contribution >= 4 is 0 Å². The molecule has 2 aliphatic rings. The summed E-state index contributed by atoms with van der Waals surface area (Å²) < 4.78 is 6.18. The molecule has 0 unspecified atom stereocenters. The minimum atomic E-state index is 0.537. The lowest BCUT2D eigenvalue weighted by atomic mass is 10.1. The molecule has 0 aromatic heterocycles. The number of hydrogen-bond donors (Lipinski definition) is 0. The summed E-state index contributed by atoms with van der Waals surface area (Å²) in [4.78, 5) is 4.79. The minimum Gasteiger partial charge on any atom is -0.375 e. The molecule has 0 aromatic rings. The summed E-state index contributed by atoms with van der Waals surface area (Å²) in [5.41, 5.74) is 0. The predicted molar refractivity (Wildman–Crippen MR) is 73.5 cm³/mol. The van der Waals surface area contributed by atoms with Gasteiger partial charge in [-0.25, -0.2) is 0 Å². The van der Waals surface area contributed by atoms with Gasteiger partial charge in [0.1, 0.15) is 0 Å². The van der Waals surface area contributed by atoms with Crippen molar-refractivity contribution in [2.45, 2.75) is 51.7 Å². The van der Waals surface area contributed by atoms with E-state index in [9.17, 15) is 0 Å². The van der Waals surface area contributed by atoms with Gasteiger partial charge in [-0.2, -0.15) is 0 Å². The van der Waals surface area contributed by atoms with Gasteiger partial charge in [-0.3, -0.25) is 0 Å². The van der Waals surface area contributed by atoms with Gasteiger partial charge in [0.15, 0.2) is 0 Å². The van der Waals surface area contributed by atoms with Crippen LogP contribution in [0.4, 0.5) is 0 Å². The molecule has 2 rings (SSSR count). The molecule has 2 saturated heterocycles. The maximum absolute atomic E-state index is 6.18. The van der Waals surface area contributed by atoms with Gasteiger partial charge in [0, 0.05) is 26.2 Å². The van der Waals surface area contributed by atoms with E-state index in [1.807, 2.05) is 13.8 Å². The van der Waals surface area contributed by atoms with Crippen LogP contribution in [0.25, 0.3) is 0 Å². The Morgan fingerprint density at radius 3 is 1.29 bits per heavy atom. The summed E-state index contributed by atoms with van der Waals surface area (Å²) in [6, 6.07) is 0. The average molecular weight is 242 g/mol. The summed E-state index contributed by atoms with van der Waals surface area (Å²) >= 11 is 0. The van der Waals surface area contributed by atoms with Gasteiger partial charge in [-0.1, -0.05) is 13.8 Å². The molecular formula is C14H30N2O. The normalized spacial score (nSPS) is 25.4. The van der Waals surface area contributed by atoms with E-state index in [0.717, 1.165) is 0 Å². The average Bonchev–Trinajstić information content (AvgIpc) is 2.37. The molecule has 3 nitrogen and oxygen atoms in total. The summed E-state index contributed by atoms with van der Waals surface area (Å²) in [5, 5.41) is 0. The van der Waals surface area contributed by atoms with Crippen LogP contribution in [0.15, 0.2) is 0 Å². The van der Waals surface area contributed by atoms with Crippen LogP contribution in [0.1, 0.15) is 39.5 Å². The molecule has 2 aliphatic heterocycles. The first-order valence-corrected chi connectivity index (χ1v) is 7.26. The van der Waals surface area contributed by atoms with Gasteiger partial charge in [0.2, 0.25) is 0 Å². The molecule has 0 amide bonds. The van der Waals surface area contributed by atoms with Crippen molar-refractivity contribution in [1.82, 2.24) is 9.80 Å². The van der Waals surface area contributed by atoms with Crippen LogP contribution in [0.5, 0.6) is 0 Å². The predicted octanol–water partition coefficient (Wildman–Crippen LogP) is 2.22. The Hall–Kier alpha value is -0.120.